The molecule has 0 radical (unpaired) electrons. The molecular formula is C17H17NO2. The van der Waals surface area contributed by atoms with Gasteiger partial charge < -0.3 is 5.11 Å². The highest BCUT2D eigenvalue weighted by molar-refractivity contribution is 5.83. The van der Waals surface area contributed by atoms with Crippen molar-refractivity contribution in [2.75, 3.05) is 13.1 Å². The molecule has 1 unspecified atom stereocenters. The van der Waals surface area contributed by atoms with Crippen LogP contribution in [0.3, 0.4) is 0 Å². The van der Waals surface area contributed by atoms with Gasteiger partial charge in [0.1, 0.15) is 0 Å². The van der Waals surface area contributed by atoms with Crippen molar-refractivity contribution in [3.05, 3.63) is 48.0 Å². The topological polar surface area (TPSA) is 40.5 Å². The standard InChI is InChI=1S/C17H17NO2/c1-3-10-18(12-17(19)20)13(2)15-9-8-14-6-4-5-7-16(14)11-15/h1,4-9,11,13H,10,12H2,2H3,(H,19,20). The maximum Gasteiger partial charge on any atom is 0.317 e. The third kappa shape index (κ3) is 3.17. The summed E-state index contributed by atoms with van der Waals surface area (Å²) in [6.45, 7) is 2.24. The molecule has 102 valence electrons. The minimum atomic E-state index is -0.868. The monoisotopic (exact) mass is 267 g/mol. The van der Waals surface area contributed by atoms with Gasteiger partial charge in [0.2, 0.25) is 0 Å². The summed E-state index contributed by atoms with van der Waals surface area (Å²) >= 11 is 0. The second-order valence-electron chi connectivity index (χ2n) is 4.79. The number of hydrogen-bond donors (Lipinski definition) is 1. The van der Waals surface area contributed by atoms with E-state index in [0.717, 1.165) is 10.9 Å². The predicted octanol–water partition coefficient (Wildman–Crippen LogP) is 2.92. The van der Waals surface area contributed by atoms with Crippen molar-refractivity contribution >= 4 is 16.7 Å². The first-order valence-corrected chi connectivity index (χ1v) is 6.50. The highest BCUT2D eigenvalue weighted by atomic mass is 16.4. The van der Waals surface area contributed by atoms with E-state index in [0.29, 0.717) is 6.54 Å². The number of benzene rings is 2. The van der Waals surface area contributed by atoms with Gasteiger partial charge >= 0.3 is 5.97 Å². The first-order chi connectivity index (χ1) is 9.61. The van der Waals surface area contributed by atoms with Crippen molar-refractivity contribution in [2.24, 2.45) is 0 Å². The van der Waals surface area contributed by atoms with Gasteiger partial charge in [-0.25, -0.2) is 0 Å². The van der Waals surface area contributed by atoms with Crippen LogP contribution in [0.2, 0.25) is 0 Å². The van der Waals surface area contributed by atoms with Gasteiger partial charge in [0.05, 0.1) is 13.1 Å². The van der Waals surface area contributed by atoms with Crippen molar-refractivity contribution in [3.8, 4) is 12.3 Å². The van der Waals surface area contributed by atoms with E-state index in [1.807, 2.05) is 31.2 Å². The number of carboxylic acid groups (broad SMARTS) is 1. The van der Waals surface area contributed by atoms with Gasteiger partial charge in [-0.05, 0) is 29.3 Å². The van der Waals surface area contributed by atoms with Gasteiger partial charge in [-0.2, -0.15) is 0 Å². The summed E-state index contributed by atoms with van der Waals surface area (Å²) < 4.78 is 0. The Labute approximate surface area is 118 Å². The van der Waals surface area contributed by atoms with Gasteiger partial charge in [-0.1, -0.05) is 42.3 Å². The zero-order valence-electron chi connectivity index (χ0n) is 11.4. The lowest BCUT2D eigenvalue weighted by atomic mass is 10.0. The number of rotatable bonds is 5. The number of fused-ring (bicyclic) bond motifs is 1. The second-order valence-corrected chi connectivity index (χ2v) is 4.79. The van der Waals surface area contributed by atoms with Crippen LogP contribution < -0.4 is 0 Å². The van der Waals surface area contributed by atoms with Gasteiger partial charge in [0, 0.05) is 6.04 Å². The molecule has 1 N–H and O–H groups in total. The summed E-state index contributed by atoms with van der Waals surface area (Å²) in [5.74, 6) is 1.66. The van der Waals surface area contributed by atoms with E-state index in [4.69, 9.17) is 11.5 Å². The lowest BCUT2D eigenvalue weighted by Crippen LogP contribution is -2.32. The zero-order chi connectivity index (χ0) is 14.5. The van der Waals surface area contributed by atoms with E-state index in [9.17, 15) is 4.79 Å². The molecule has 0 aliphatic heterocycles. The Morgan fingerprint density at radius 1 is 1.30 bits per heavy atom. The number of nitrogens with zero attached hydrogens (tertiary/aromatic N) is 1. The summed E-state index contributed by atoms with van der Waals surface area (Å²) in [6, 6.07) is 14.2. The summed E-state index contributed by atoms with van der Waals surface area (Å²) in [6.07, 6.45) is 5.33. The highest BCUT2D eigenvalue weighted by Gasteiger charge is 2.17. The van der Waals surface area contributed by atoms with E-state index in [2.05, 4.69) is 24.1 Å². The zero-order valence-corrected chi connectivity index (χ0v) is 11.4. The lowest BCUT2D eigenvalue weighted by Gasteiger charge is -2.26. The molecule has 20 heavy (non-hydrogen) atoms. The van der Waals surface area contributed by atoms with Crippen molar-refractivity contribution in [2.45, 2.75) is 13.0 Å². The average Bonchev–Trinajstić information content (AvgIpc) is 2.45. The molecule has 2 rings (SSSR count). The lowest BCUT2D eigenvalue weighted by molar-refractivity contribution is -0.138. The van der Waals surface area contributed by atoms with E-state index >= 15 is 0 Å². The molecule has 0 aromatic heterocycles. The van der Waals surface area contributed by atoms with Crippen LogP contribution in [-0.4, -0.2) is 29.1 Å². The van der Waals surface area contributed by atoms with Crippen LogP contribution in [0.15, 0.2) is 42.5 Å². The fourth-order valence-corrected chi connectivity index (χ4v) is 2.30. The molecule has 3 heteroatoms. The fraction of sp³-hybridized carbons (Fsp3) is 0.235. The quantitative estimate of drug-likeness (QED) is 0.847. The van der Waals surface area contributed by atoms with Crippen LogP contribution in [0, 0.1) is 12.3 Å². The maximum absolute atomic E-state index is 10.9. The van der Waals surface area contributed by atoms with Crippen LogP contribution in [0.1, 0.15) is 18.5 Å². The molecule has 0 saturated carbocycles. The Kier molecular flexibility index (Phi) is 4.39. The largest absolute Gasteiger partial charge is 0.480 e. The molecule has 0 aliphatic carbocycles. The second kappa shape index (κ2) is 6.23. The Balaban J connectivity index is 2.30. The fourth-order valence-electron chi connectivity index (χ4n) is 2.30. The molecule has 3 nitrogen and oxygen atoms in total. The van der Waals surface area contributed by atoms with E-state index in [1.54, 1.807) is 4.90 Å². The van der Waals surface area contributed by atoms with Crippen LogP contribution in [0.25, 0.3) is 10.8 Å². The van der Waals surface area contributed by atoms with Gasteiger partial charge in [-0.15, -0.1) is 6.42 Å². The molecule has 0 aliphatic rings. The Morgan fingerprint density at radius 3 is 2.65 bits per heavy atom. The van der Waals surface area contributed by atoms with Gasteiger partial charge in [0.25, 0.3) is 0 Å². The molecule has 1 atom stereocenters. The van der Waals surface area contributed by atoms with Crippen molar-refractivity contribution in [1.29, 1.82) is 0 Å². The summed E-state index contributed by atoms with van der Waals surface area (Å²) in [5.41, 5.74) is 1.07. The summed E-state index contributed by atoms with van der Waals surface area (Å²) in [7, 11) is 0. The molecule has 2 aromatic carbocycles. The summed E-state index contributed by atoms with van der Waals surface area (Å²) in [5, 5.41) is 11.3. The molecule has 0 heterocycles. The van der Waals surface area contributed by atoms with Crippen molar-refractivity contribution in [3.63, 3.8) is 0 Å². The first-order valence-electron chi connectivity index (χ1n) is 6.50. The van der Waals surface area contributed by atoms with E-state index in [-0.39, 0.29) is 12.6 Å². The van der Waals surface area contributed by atoms with E-state index < -0.39 is 5.97 Å². The maximum atomic E-state index is 10.9. The summed E-state index contributed by atoms with van der Waals surface area (Å²) in [4.78, 5) is 12.7. The van der Waals surface area contributed by atoms with Crippen molar-refractivity contribution < 1.29 is 9.90 Å². The Bertz CT molecular complexity index is 657. The van der Waals surface area contributed by atoms with Crippen LogP contribution in [0.4, 0.5) is 0 Å². The molecule has 0 fully saturated rings. The average molecular weight is 267 g/mol. The number of carboxylic acids is 1. The van der Waals surface area contributed by atoms with Crippen molar-refractivity contribution in [1.82, 2.24) is 4.90 Å². The third-order valence-electron chi connectivity index (χ3n) is 3.44. The minimum Gasteiger partial charge on any atom is -0.480 e. The molecule has 0 saturated heterocycles. The minimum absolute atomic E-state index is 0.0354. The predicted molar refractivity (Wildman–Crippen MR) is 80.4 cm³/mol. The van der Waals surface area contributed by atoms with Crippen LogP contribution in [-0.2, 0) is 4.79 Å². The first kappa shape index (κ1) is 14.1. The normalized spacial score (nSPS) is 12.2. The number of aliphatic carboxylic acids is 1. The molecule has 0 amide bonds. The smallest absolute Gasteiger partial charge is 0.317 e. The Morgan fingerprint density at radius 2 is 2.00 bits per heavy atom. The number of carbonyl (C=O) groups is 1. The van der Waals surface area contributed by atoms with E-state index in [1.165, 1.54) is 5.39 Å². The number of terminal acetylenes is 1. The molecule has 0 spiro atoms. The Hall–Kier alpha value is -2.31. The molecular weight excluding hydrogens is 250 g/mol. The highest BCUT2D eigenvalue weighted by Crippen LogP contribution is 2.24. The van der Waals surface area contributed by atoms with Gasteiger partial charge in [0.15, 0.2) is 0 Å². The SMILES string of the molecule is C#CCN(CC(=O)O)C(C)c1ccc2ccccc2c1. The van der Waals surface area contributed by atoms with Gasteiger partial charge in [-0.3, -0.25) is 9.69 Å². The number of hydrogen-bond acceptors (Lipinski definition) is 2. The molecule has 2 aromatic rings. The van der Waals surface area contributed by atoms with Crippen LogP contribution >= 0.6 is 0 Å². The van der Waals surface area contributed by atoms with Crippen LogP contribution in [0.5, 0.6) is 0 Å². The molecule has 0 bridgehead atoms. The third-order valence-corrected chi connectivity index (χ3v) is 3.44.